The zero-order valence-electron chi connectivity index (χ0n) is 11.5. The van der Waals surface area contributed by atoms with Crippen molar-refractivity contribution in [1.82, 2.24) is 5.32 Å². The Hall–Kier alpha value is -0.840. The Kier molecular flexibility index (Phi) is 4.44. The predicted octanol–water partition coefficient (Wildman–Crippen LogP) is 4.34. The first kappa shape index (κ1) is 14.1. The summed E-state index contributed by atoms with van der Waals surface area (Å²) in [6.45, 7) is 3.96. The maximum Gasteiger partial charge on any atom is 0.122 e. The standard InChI is InChI=1S/C16H18BrNOS/c1-2-18-15(9-14-8-13(17)10-20-14)11-3-4-16-12(7-11)5-6-19-16/h3-4,7-8,10,15,18H,2,5-6,9H2,1H3. The van der Waals surface area contributed by atoms with Crippen LogP contribution in [0.3, 0.4) is 0 Å². The van der Waals surface area contributed by atoms with Gasteiger partial charge in [0.2, 0.25) is 0 Å². The van der Waals surface area contributed by atoms with E-state index in [9.17, 15) is 0 Å². The van der Waals surface area contributed by atoms with Gasteiger partial charge in [0.05, 0.1) is 6.61 Å². The molecule has 4 heteroatoms. The molecule has 0 aliphatic carbocycles. The molecule has 20 heavy (non-hydrogen) atoms. The van der Waals surface area contributed by atoms with E-state index in [1.807, 2.05) is 11.3 Å². The third kappa shape index (κ3) is 3.08. The van der Waals surface area contributed by atoms with Gasteiger partial charge in [0.1, 0.15) is 5.75 Å². The fourth-order valence-electron chi connectivity index (χ4n) is 2.64. The molecule has 1 aromatic carbocycles. The van der Waals surface area contributed by atoms with Crippen LogP contribution >= 0.6 is 27.3 Å². The van der Waals surface area contributed by atoms with Gasteiger partial charge in [-0.25, -0.2) is 0 Å². The van der Waals surface area contributed by atoms with Gasteiger partial charge < -0.3 is 10.1 Å². The van der Waals surface area contributed by atoms with E-state index >= 15 is 0 Å². The van der Waals surface area contributed by atoms with Crippen molar-refractivity contribution in [2.75, 3.05) is 13.2 Å². The molecule has 3 rings (SSSR count). The Bertz CT molecular complexity index is 596. The number of nitrogens with one attached hydrogen (secondary N) is 1. The summed E-state index contributed by atoms with van der Waals surface area (Å²) in [5.41, 5.74) is 2.71. The van der Waals surface area contributed by atoms with Gasteiger partial charge in [0.25, 0.3) is 0 Å². The number of halogens is 1. The Morgan fingerprint density at radius 3 is 3.05 bits per heavy atom. The molecule has 1 aliphatic rings. The van der Waals surface area contributed by atoms with Gasteiger partial charge in [0.15, 0.2) is 0 Å². The van der Waals surface area contributed by atoms with Gasteiger partial charge in [-0.05, 0) is 45.7 Å². The molecule has 106 valence electrons. The van der Waals surface area contributed by atoms with Gasteiger partial charge in [-0.2, -0.15) is 0 Å². The Balaban J connectivity index is 1.82. The number of hydrogen-bond acceptors (Lipinski definition) is 3. The highest BCUT2D eigenvalue weighted by Gasteiger charge is 2.17. The zero-order valence-corrected chi connectivity index (χ0v) is 13.9. The van der Waals surface area contributed by atoms with E-state index in [4.69, 9.17) is 4.74 Å². The lowest BCUT2D eigenvalue weighted by Crippen LogP contribution is -2.22. The van der Waals surface area contributed by atoms with Crippen molar-refractivity contribution in [3.8, 4) is 5.75 Å². The highest BCUT2D eigenvalue weighted by Crippen LogP contribution is 2.30. The molecular weight excluding hydrogens is 334 g/mol. The number of fused-ring (bicyclic) bond motifs is 1. The Morgan fingerprint density at radius 2 is 2.30 bits per heavy atom. The van der Waals surface area contributed by atoms with Crippen LogP contribution < -0.4 is 10.1 Å². The Labute approximate surface area is 132 Å². The molecule has 2 nitrogen and oxygen atoms in total. The average molecular weight is 352 g/mol. The minimum atomic E-state index is 0.372. The van der Waals surface area contributed by atoms with E-state index in [2.05, 4.69) is 57.8 Å². The summed E-state index contributed by atoms with van der Waals surface area (Å²) in [7, 11) is 0. The number of benzene rings is 1. The third-order valence-corrected chi connectivity index (χ3v) is 5.31. The molecule has 0 radical (unpaired) electrons. The summed E-state index contributed by atoms with van der Waals surface area (Å²) in [6.07, 6.45) is 2.07. The van der Waals surface area contributed by atoms with Gasteiger partial charge in [-0.1, -0.05) is 19.1 Å². The molecule has 0 spiro atoms. The first-order valence-corrected chi connectivity index (χ1v) is 8.65. The molecular formula is C16H18BrNOS. The molecule has 1 aromatic heterocycles. The van der Waals surface area contributed by atoms with Crippen molar-refractivity contribution in [3.63, 3.8) is 0 Å². The lowest BCUT2D eigenvalue weighted by molar-refractivity contribution is 0.356. The molecule has 2 aromatic rings. The molecule has 0 bridgehead atoms. The monoisotopic (exact) mass is 351 g/mol. The maximum atomic E-state index is 5.59. The minimum absolute atomic E-state index is 0.372. The first-order chi connectivity index (χ1) is 9.76. The maximum absolute atomic E-state index is 5.59. The van der Waals surface area contributed by atoms with E-state index in [1.54, 1.807) is 0 Å². The van der Waals surface area contributed by atoms with Gasteiger partial charge >= 0.3 is 0 Å². The molecule has 0 saturated carbocycles. The molecule has 1 N–H and O–H groups in total. The normalized spacial score (nSPS) is 14.9. The number of rotatable bonds is 5. The van der Waals surface area contributed by atoms with Crippen LogP contribution in [0.2, 0.25) is 0 Å². The van der Waals surface area contributed by atoms with Crippen LogP contribution in [-0.4, -0.2) is 13.2 Å². The van der Waals surface area contributed by atoms with Crippen LogP contribution in [0, 0.1) is 0 Å². The van der Waals surface area contributed by atoms with E-state index in [1.165, 1.54) is 20.5 Å². The van der Waals surface area contributed by atoms with Crippen molar-refractivity contribution < 1.29 is 4.74 Å². The second kappa shape index (κ2) is 6.29. The number of ether oxygens (including phenoxy) is 1. The lowest BCUT2D eigenvalue weighted by atomic mass is 9.99. The molecule has 0 saturated heterocycles. The number of hydrogen-bond donors (Lipinski definition) is 1. The zero-order chi connectivity index (χ0) is 13.9. The van der Waals surface area contributed by atoms with Gasteiger partial charge in [-0.15, -0.1) is 11.3 Å². The van der Waals surface area contributed by atoms with Crippen molar-refractivity contribution in [1.29, 1.82) is 0 Å². The van der Waals surface area contributed by atoms with Crippen LogP contribution in [0.4, 0.5) is 0 Å². The summed E-state index contributed by atoms with van der Waals surface area (Å²) in [4.78, 5) is 1.40. The molecule has 2 heterocycles. The van der Waals surface area contributed by atoms with Crippen molar-refractivity contribution >= 4 is 27.3 Å². The van der Waals surface area contributed by atoms with Crippen molar-refractivity contribution in [3.05, 3.63) is 50.1 Å². The summed E-state index contributed by atoms with van der Waals surface area (Å²) >= 11 is 5.34. The highest BCUT2D eigenvalue weighted by atomic mass is 79.9. The van der Waals surface area contributed by atoms with E-state index in [-0.39, 0.29) is 0 Å². The van der Waals surface area contributed by atoms with Crippen LogP contribution in [0.1, 0.15) is 29.0 Å². The lowest BCUT2D eigenvalue weighted by Gasteiger charge is -2.18. The van der Waals surface area contributed by atoms with Gasteiger partial charge in [0, 0.05) is 33.6 Å². The SMILES string of the molecule is CCNC(Cc1cc(Br)cs1)c1ccc2c(c1)CCO2. The van der Waals surface area contributed by atoms with E-state index in [0.29, 0.717) is 6.04 Å². The second-order valence-corrected chi connectivity index (χ2v) is 6.92. The topological polar surface area (TPSA) is 21.3 Å². The number of thiophene rings is 1. The molecule has 1 atom stereocenters. The predicted molar refractivity (Wildman–Crippen MR) is 87.8 cm³/mol. The average Bonchev–Trinajstić information content (AvgIpc) is 3.06. The van der Waals surface area contributed by atoms with Gasteiger partial charge in [-0.3, -0.25) is 0 Å². The molecule has 0 amide bonds. The molecule has 1 unspecified atom stereocenters. The minimum Gasteiger partial charge on any atom is -0.493 e. The number of likely N-dealkylation sites (N-methyl/N-ethyl adjacent to an activating group) is 1. The van der Waals surface area contributed by atoms with Crippen LogP contribution in [0.5, 0.6) is 5.75 Å². The van der Waals surface area contributed by atoms with E-state index in [0.717, 1.165) is 31.7 Å². The quantitative estimate of drug-likeness (QED) is 0.864. The molecule has 1 aliphatic heterocycles. The second-order valence-electron chi connectivity index (χ2n) is 5.01. The van der Waals surface area contributed by atoms with Crippen molar-refractivity contribution in [2.45, 2.75) is 25.8 Å². The molecule has 0 fully saturated rings. The summed E-state index contributed by atoms with van der Waals surface area (Å²) in [5.74, 6) is 1.06. The summed E-state index contributed by atoms with van der Waals surface area (Å²) in [5, 5.41) is 5.75. The summed E-state index contributed by atoms with van der Waals surface area (Å²) in [6, 6.07) is 9.20. The largest absolute Gasteiger partial charge is 0.493 e. The highest BCUT2D eigenvalue weighted by molar-refractivity contribution is 9.10. The van der Waals surface area contributed by atoms with E-state index < -0.39 is 0 Å². The smallest absolute Gasteiger partial charge is 0.122 e. The fourth-order valence-corrected chi connectivity index (χ4v) is 4.14. The van der Waals surface area contributed by atoms with Crippen LogP contribution in [0.15, 0.2) is 34.1 Å². The third-order valence-electron chi connectivity index (χ3n) is 3.59. The summed E-state index contributed by atoms with van der Waals surface area (Å²) < 4.78 is 6.77. The van der Waals surface area contributed by atoms with Crippen LogP contribution in [0.25, 0.3) is 0 Å². The van der Waals surface area contributed by atoms with Crippen LogP contribution in [-0.2, 0) is 12.8 Å². The fraction of sp³-hybridized carbons (Fsp3) is 0.375. The van der Waals surface area contributed by atoms with Crippen molar-refractivity contribution in [2.24, 2.45) is 0 Å². The first-order valence-electron chi connectivity index (χ1n) is 6.98. The Morgan fingerprint density at radius 1 is 1.40 bits per heavy atom.